The molecule has 0 radical (unpaired) electrons. The minimum absolute atomic E-state index is 1.37. The molecule has 0 rings (SSSR count). The van der Waals surface area contributed by atoms with Crippen LogP contribution in [0.3, 0.4) is 0 Å². The van der Waals surface area contributed by atoms with Gasteiger partial charge in [-0.1, -0.05) is 162 Å². The fraction of sp³-hybridized carbons (Fsp3) is 1.00. The molecule has 32 heavy (non-hydrogen) atoms. The van der Waals surface area contributed by atoms with E-state index in [2.05, 4.69) is 19.2 Å². The second-order valence-electron chi connectivity index (χ2n) is 10.7. The van der Waals surface area contributed by atoms with Gasteiger partial charge in [-0.3, -0.25) is 0 Å². The first-order valence-corrected chi connectivity index (χ1v) is 15.7. The lowest BCUT2D eigenvalue weighted by atomic mass is 10.0. The normalized spacial score (nSPS) is 11.4. The average Bonchev–Trinajstić information content (AvgIpc) is 2.81. The first-order chi connectivity index (χ1) is 15.9. The molecule has 2 N–H and O–H groups in total. The smallest absolute Gasteiger partial charge is 0.0755 e. The molecule has 0 atom stereocenters. The Kier molecular flexibility index (Phi) is 30.9. The number of quaternary nitrogens is 1. The van der Waals surface area contributed by atoms with Gasteiger partial charge in [0.05, 0.1) is 13.1 Å². The van der Waals surface area contributed by atoms with Crippen molar-refractivity contribution in [1.29, 1.82) is 0 Å². The summed E-state index contributed by atoms with van der Waals surface area (Å²) in [4.78, 5) is 0. The molecule has 194 valence electrons. The van der Waals surface area contributed by atoms with Gasteiger partial charge >= 0.3 is 0 Å². The lowest BCUT2D eigenvalue weighted by Gasteiger charge is -2.04. The first kappa shape index (κ1) is 32.0. The van der Waals surface area contributed by atoms with Crippen LogP contribution in [0, 0.1) is 0 Å². The van der Waals surface area contributed by atoms with Crippen molar-refractivity contribution in [2.75, 3.05) is 13.1 Å². The van der Waals surface area contributed by atoms with Gasteiger partial charge in [0, 0.05) is 0 Å². The molecule has 0 amide bonds. The Balaban J connectivity index is 2.98. The molecule has 1 heteroatoms. The average molecular weight is 453 g/mol. The van der Waals surface area contributed by atoms with Crippen LogP contribution >= 0.6 is 0 Å². The van der Waals surface area contributed by atoms with Crippen LogP contribution in [-0.4, -0.2) is 13.1 Å². The van der Waals surface area contributed by atoms with Crippen LogP contribution in [0.15, 0.2) is 0 Å². The van der Waals surface area contributed by atoms with Gasteiger partial charge in [0.1, 0.15) is 0 Å². The highest BCUT2D eigenvalue weighted by atomic mass is 14.8. The fourth-order valence-electron chi connectivity index (χ4n) is 4.93. The van der Waals surface area contributed by atoms with Gasteiger partial charge in [0.15, 0.2) is 0 Å². The van der Waals surface area contributed by atoms with Crippen LogP contribution in [0.4, 0.5) is 0 Å². The molecule has 0 saturated carbocycles. The van der Waals surface area contributed by atoms with E-state index in [0.29, 0.717) is 0 Å². The molecular weight excluding hydrogens is 386 g/mol. The zero-order valence-electron chi connectivity index (χ0n) is 23.1. The third-order valence-corrected chi connectivity index (χ3v) is 7.27. The molecule has 0 saturated heterocycles. The first-order valence-electron chi connectivity index (χ1n) is 15.7. The van der Waals surface area contributed by atoms with E-state index in [9.17, 15) is 0 Å². The summed E-state index contributed by atoms with van der Waals surface area (Å²) in [6.07, 6.45) is 39.6. The Morgan fingerprint density at radius 2 is 0.438 bits per heavy atom. The number of nitrogens with two attached hydrogens (primary N) is 1. The van der Waals surface area contributed by atoms with Crippen molar-refractivity contribution in [2.24, 2.45) is 0 Å². The lowest BCUT2D eigenvalue weighted by Crippen LogP contribution is -2.84. The maximum Gasteiger partial charge on any atom is 0.0755 e. The molecule has 0 fully saturated rings. The lowest BCUT2D eigenvalue weighted by molar-refractivity contribution is -0.655. The number of rotatable bonds is 29. The van der Waals surface area contributed by atoms with E-state index in [4.69, 9.17) is 0 Å². The van der Waals surface area contributed by atoms with Gasteiger partial charge in [0.2, 0.25) is 0 Å². The highest BCUT2D eigenvalue weighted by molar-refractivity contribution is 4.50. The maximum absolute atomic E-state index is 2.58. The van der Waals surface area contributed by atoms with Gasteiger partial charge in [0.25, 0.3) is 0 Å². The van der Waals surface area contributed by atoms with Gasteiger partial charge in [-0.05, 0) is 25.7 Å². The van der Waals surface area contributed by atoms with Crippen LogP contribution in [0.25, 0.3) is 0 Å². The van der Waals surface area contributed by atoms with E-state index in [1.54, 1.807) is 0 Å². The van der Waals surface area contributed by atoms with E-state index in [-0.39, 0.29) is 0 Å². The van der Waals surface area contributed by atoms with E-state index < -0.39 is 0 Å². The van der Waals surface area contributed by atoms with Gasteiger partial charge in [-0.15, -0.1) is 0 Å². The summed E-state index contributed by atoms with van der Waals surface area (Å²) >= 11 is 0. The van der Waals surface area contributed by atoms with Crippen molar-refractivity contribution in [1.82, 2.24) is 0 Å². The molecule has 0 spiro atoms. The Morgan fingerprint density at radius 1 is 0.250 bits per heavy atom. The summed E-state index contributed by atoms with van der Waals surface area (Å²) < 4.78 is 0. The summed E-state index contributed by atoms with van der Waals surface area (Å²) in [7, 11) is 0. The molecule has 0 heterocycles. The molecule has 0 aromatic rings. The second-order valence-corrected chi connectivity index (χ2v) is 10.7. The summed E-state index contributed by atoms with van der Waals surface area (Å²) in [5.41, 5.74) is 0. The largest absolute Gasteiger partial charge is 0.346 e. The van der Waals surface area contributed by atoms with Crippen LogP contribution in [-0.2, 0) is 0 Å². The van der Waals surface area contributed by atoms with Crippen molar-refractivity contribution in [3.05, 3.63) is 0 Å². The third kappa shape index (κ3) is 30.0. The van der Waals surface area contributed by atoms with Crippen LogP contribution < -0.4 is 5.32 Å². The number of unbranched alkanes of at least 4 members (excludes halogenated alkanes) is 25. The quantitative estimate of drug-likeness (QED) is 0.109. The second kappa shape index (κ2) is 31.0. The summed E-state index contributed by atoms with van der Waals surface area (Å²) in [6, 6.07) is 0. The molecule has 0 aliphatic heterocycles. The van der Waals surface area contributed by atoms with Crippen LogP contribution in [0.2, 0.25) is 0 Å². The molecule has 1 nitrogen and oxygen atoms in total. The van der Waals surface area contributed by atoms with E-state index in [1.807, 2.05) is 0 Å². The topological polar surface area (TPSA) is 16.6 Å². The summed E-state index contributed by atoms with van der Waals surface area (Å²) in [5, 5.41) is 2.58. The van der Waals surface area contributed by atoms with Crippen molar-refractivity contribution in [2.45, 2.75) is 187 Å². The molecule has 0 aliphatic rings. The molecular formula is C31H66N+. The highest BCUT2D eigenvalue weighted by Gasteiger charge is 1.97. The van der Waals surface area contributed by atoms with Crippen LogP contribution in [0.5, 0.6) is 0 Å². The predicted molar refractivity (Wildman–Crippen MR) is 148 cm³/mol. The Morgan fingerprint density at radius 3 is 0.656 bits per heavy atom. The molecule has 0 aliphatic carbocycles. The molecule has 0 aromatic carbocycles. The Labute approximate surface area is 205 Å². The van der Waals surface area contributed by atoms with E-state index >= 15 is 0 Å². The van der Waals surface area contributed by atoms with Crippen molar-refractivity contribution in [3.8, 4) is 0 Å². The minimum Gasteiger partial charge on any atom is -0.346 e. The van der Waals surface area contributed by atoms with E-state index in [0.717, 1.165) is 0 Å². The SMILES string of the molecule is CCCCCCCCCCCCCCCCCC[NH2+]CCCCCCCCCCCCC. The fourth-order valence-corrected chi connectivity index (χ4v) is 4.93. The van der Waals surface area contributed by atoms with Gasteiger partial charge < -0.3 is 5.32 Å². The van der Waals surface area contributed by atoms with Crippen molar-refractivity contribution in [3.63, 3.8) is 0 Å². The van der Waals surface area contributed by atoms with Crippen LogP contribution in [0.1, 0.15) is 187 Å². The molecule has 0 bridgehead atoms. The monoisotopic (exact) mass is 453 g/mol. The zero-order valence-corrected chi connectivity index (χ0v) is 23.1. The van der Waals surface area contributed by atoms with Crippen molar-refractivity contribution >= 4 is 0 Å². The number of hydrogen-bond acceptors (Lipinski definition) is 0. The Hall–Kier alpha value is -0.0400. The third-order valence-electron chi connectivity index (χ3n) is 7.27. The minimum atomic E-state index is 1.37. The van der Waals surface area contributed by atoms with E-state index in [1.165, 1.54) is 186 Å². The predicted octanol–water partition coefficient (Wildman–Crippen LogP) is 10.1. The molecule has 0 aromatic heterocycles. The van der Waals surface area contributed by atoms with Gasteiger partial charge in [-0.2, -0.15) is 0 Å². The molecule has 0 unspecified atom stereocenters. The zero-order chi connectivity index (χ0) is 23.2. The van der Waals surface area contributed by atoms with Crippen molar-refractivity contribution < 1.29 is 5.32 Å². The summed E-state index contributed by atoms with van der Waals surface area (Å²) in [6.45, 7) is 7.35. The highest BCUT2D eigenvalue weighted by Crippen LogP contribution is 2.14. The van der Waals surface area contributed by atoms with Gasteiger partial charge in [-0.25, -0.2) is 0 Å². The number of hydrogen-bond donors (Lipinski definition) is 1. The summed E-state index contributed by atoms with van der Waals surface area (Å²) in [5.74, 6) is 0. The maximum atomic E-state index is 2.58. The Bertz CT molecular complexity index is 271. The standard InChI is InChI=1S/C31H65N/c1-3-5-7-9-11-13-15-16-17-18-19-21-23-25-27-29-31-32-30-28-26-24-22-20-14-12-10-8-6-4-2/h32H,3-31H2,1-2H3/p+1.